The topological polar surface area (TPSA) is 99.3 Å². The standard InChI is InChI=1S/C33H42N4O5/c1-42-30(39)13-8-20-34-29(38)23-36-24-37(28-11-6-3-7-12-28)33(32(36)41)18-21-35(22-19-33)31(40)27-16-14-26(15-17-27)25-9-4-2-5-10-25/h3,6-7,11-12,14-17,25H,2,4-5,8-10,13,18-24H2,1H3,(H,34,38). The van der Waals surface area contributed by atoms with Crippen LogP contribution in [-0.2, 0) is 19.1 Å². The van der Waals surface area contributed by atoms with Crippen molar-refractivity contribution in [2.75, 3.05) is 44.9 Å². The van der Waals surface area contributed by atoms with E-state index in [0.29, 0.717) is 57.0 Å². The summed E-state index contributed by atoms with van der Waals surface area (Å²) in [7, 11) is 1.34. The lowest BCUT2D eigenvalue weighted by atomic mass is 9.83. The highest BCUT2D eigenvalue weighted by Gasteiger charge is 2.54. The van der Waals surface area contributed by atoms with Gasteiger partial charge in [0.2, 0.25) is 5.91 Å². The third-order valence-corrected chi connectivity index (χ3v) is 9.14. The number of hydrogen-bond donors (Lipinski definition) is 1. The van der Waals surface area contributed by atoms with E-state index in [0.717, 1.165) is 5.69 Å². The lowest BCUT2D eigenvalue weighted by Crippen LogP contribution is -2.57. The second-order valence-electron chi connectivity index (χ2n) is 11.7. The molecule has 1 saturated carbocycles. The quantitative estimate of drug-likeness (QED) is 0.358. The van der Waals surface area contributed by atoms with Crippen molar-refractivity contribution in [1.82, 2.24) is 15.1 Å². The molecule has 3 aliphatic rings. The van der Waals surface area contributed by atoms with Gasteiger partial charge >= 0.3 is 5.97 Å². The summed E-state index contributed by atoms with van der Waals surface area (Å²) in [6.07, 6.45) is 8.00. The summed E-state index contributed by atoms with van der Waals surface area (Å²) in [6.45, 7) is 1.51. The zero-order chi connectivity index (χ0) is 29.5. The predicted molar refractivity (Wildman–Crippen MR) is 160 cm³/mol. The van der Waals surface area contributed by atoms with E-state index in [2.05, 4.69) is 27.1 Å². The van der Waals surface area contributed by atoms with Gasteiger partial charge in [0.15, 0.2) is 0 Å². The van der Waals surface area contributed by atoms with Gasteiger partial charge in [-0.25, -0.2) is 0 Å². The fourth-order valence-corrected chi connectivity index (χ4v) is 6.71. The third kappa shape index (κ3) is 6.45. The van der Waals surface area contributed by atoms with Crippen LogP contribution in [0.5, 0.6) is 0 Å². The Hall–Kier alpha value is -3.88. The largest absolute Gasteiger partial charge is 0.469 e. The van der Waals surface area contributed by atoms with E-state index in [1.54, 1.807) is 4.90 Å². The van der Waals surface area contributed by atoms with Crippen molar-refractivity contribution in [2.45, 2.75) is 69.2 Å². The SMILES string of the molecule is COC(=O)CCCNC(=O)CN1CN(c2ccccc2)C2(CCN(C(=O)c3ccc(C4CCCCC4)cc3)CC2)C1=O. The normalized spacial score (nSPS) is 18.8. The second kappa shape index (κ2) is 13.4. The lowest BCUT2D eigenvalue weighted by molar-refractivity contribution is -0.140. The van der Waals surface area contributed by atoms with Crippen LogP contribution in [0.4, 0.5) is 5.69 Å². The molecular weight excluding hydrogens is 532 g/mol. The number of methoxy groups -OCH3 is 1. The fourth-order valence-electron chi connectivity index (χ4n) is 6.71. The van der Waals surface area contributed by atoms with Crippen molar-refractivity contribution in [3.63, 3.8) is 0 Å². The summed E-state index contributed by atoms with van der Waals surface area (Å²) in [5, 5.41) is 2.81. The molecule has 2 aliphatic heterocycles. The van der Waals surface area contributed by atoms with Gasteiger partial charge in [-0.3, -0.25) is 19.2 Å². The van der Waals surface area contributed by atoms with Gasteiger partial charge in [-0.2, -0.15) is 0 Å². The van der Waals surface area contributed by atoms with Gasteiger partial charge in [0.25, 0.3) is 11.8 Å². The van der Waals surface area contributed by atoms with E-state index < -0.39 is 5.54 Å². The molecule has 3 amide bonds. The van der Waals surface area contributed by atoms with Crippen LogP contribution in [0.15, 0.2) is 54.6 Å². The highest BCUT2D eigenvalue weighted by atomic mass is 16.5. The van der Waals surface area contributed by atoms with Crippen molar-refractivity contribution in [1.29, 1.82) is 0 Å². The number of nitrogens with one attached hydrogen (secondary N) is 1. The van der Waals surface area contributed by atoms with Gasteiger partial charge < -0.3 is 24.8 Å². The number of para-hydroxylation sites is 1. The number of hydrogen-bond acceptors (Lipinski definition) is 6. The van der Waals surface area contributed by atoms with Gasteiger partial charge in [0.1, 0.15) is 12.1 Å². The predicted octanol–water partition coefficient (Wildman–Crippen LogP) is 4.08. The van der Waals surface area contributed by atoms with Crippen LogP contribution >= 0.6 is 0 Å². The van der Waals surface area contributed by atoms with Crippen molar-refractivity contribution in [3.8, 4) is 0 Å². The number of ether oxygens (including phenoxy) is 1. The maximum atomic E-state index is 13.9. The van der Waals surface area contributed by atoms with Crippen molar-refractivity contribution in [3.05, 3.63) is 65.7 Å². The monoisotopic (exact) mass is 574 g/mol. The molecule has 9 nitrogen and oxygen atoms in total. The molecule has 2 heterocycles. The molecule has 9 heteroatoms. The molecule has 3 fully saturated rings. The Morgan fingerprint density at radius 1 is 0.952 bits per heavy atom. The number of rotatable bonds is 9. The number of likely N-dealkylation sites (tertiary alicyclic amines) is 1. The summed E-state index contributed by atoms with van der Waals surface area (Å²) in [6, 6.07) is 17.9. The summed E-state index contributed by atoms with van der Waals surface area (Å²) in [5.74, 6) is -0.0665. The number of anilines is 1. The molecule has 1 aliphatic carbocycles. The molecule has 5 rings (SSSR count). The van der Waals surface area contributed by atoms with E-state index in [9.17, 15) is 19.2 Å². The molecule has 2 aromatic carbocycles. The average molecular weight is 575 g/mol. The Kier molecular flexibility index (Phi) is 9.45. The van der Waals surface area contributed by atoms with Crippen molar-refractivity contribution < 1.29 is 23.9 Å². The minimum Gasteiger partial charge on any atom is -0.469 e. The molecular formula is C33H42N4O5. The first-order valence-electron chi connectivity index (χ1n) is 15.3. The Morgan fingerprint density at radius 3 is 2.31 bits per heavy atom. The molecule has 1 spiro atoms. The van der Waals surface area contributed by atoms with Gasteiger partial charge in [0.05, 0.1) is 13.8 Å². The number of amides is 3. The number of nitrogens with zero attached hydrogens (tertiary/aromatic N) is 3. The smallest absolute Gasteiger partial charge is 0.305 e. The van der Waals surface area contributed by atoms with Gasteiger partial charge in [-0.15, -0.1) is 0 Å². The molecule has 224 valence electrons. The van der Waals surface area contributed by atoms with E-state index in [1.807, 2.05) is 47.4 Å². The maximum Gasteiger partial charge on any atom is 0.305 e. The lowest BCUT2D eigenvalue weighted by Gasteiger charge is -2.43. The third-order valence-electron chi connectivity index (χ3n) is 9.14. The summed E-state index contributed by atoms with van der Waals surface area (Å²) >= 11 is 0. The summed E-state index contributed by atoms with van der Waals surface area (Å²) in [5.41, 5.74) is 2.12. The Bertz CT molecular complexity index is 1250. The molecule has 0 radical (unpaired) electrons. The Morgan fingerprint density at radius 2 is 1.64 bits per heavy atom. The van der Waals surface area contributed by atoms with E-state index >= 15 is 0 Å². The van der Waals surface area contributed by atoms with Crippen LogP contribution in [0.1, 0.15) is 79.6 Å². The van der Waals surface area contributed by atoms with Gasteiger partial charge in [-0.1, -0.05) is 49.6 Å². The highest BCUT2D eigenvalue weighted by Crippen LogP contribution is 2.40. The number of esters is 1. The highest BCUT2D eigenvalue weighted by molar-refractivity contribution is 5.97. The van der Waals surface area contributed by atoms with Crippen LogP contribution in [0.2, 0.25) is 0 Å². The first-order valence-corrected chi connectivity index (χ1v) is 15.3. The minimum atomic E-state index is -0.811. The van der Waals surface area contributed by atoms with Crippen molar-refractivity contribution >= 4 is 29.4 Å². The van der Waals surface area contributed by atoms with Gasteiger partial charge in [0, 0.05) is 37.3 Å². The molecule has 0 atom stereocenters. The molecule has 42 heavy (non-hydrogen) atoms. The first-order chi connectivity index (χ1) is 20.4. The van der Waals surface area contributed by atoms with Crippen LogP contribution < -0.4 is 10.2 Å². The van der Waals surface area contributed by atoms with Gasteiger partial charge in [-0.05, 0) is 67.9 Å². The number of benzene rings is 2. The zero-order valence-corrected chi connectivity index (χ0v) is 24.6. The molecule has 2 aromatic rings. The average Bonchev–Trinajstić information content (AvgIpc) is 3.30. The van der Waals surface area contributed by atoms with Crippen LogP contribution in [0, 0.1) is 0 Å². The van der Waals surface area contributed by atoms with E-state index in [4.69, 9.17) is 0 Å². The van der Waals surface area contributed by atoms with Crippen molar-refractivity contribution in [2.24, 2.45) is 0 Å². The summed E-state index contributed by atoms with van der Waals surface area (Å²) < 4.78 is 4.64. The number of piperidine rings is 1. The van der Waals surface area contributed by atoms with Crippen LogP contribution in [0.3, 0.4) is 0 Å². The zero-order valence-electron chi connectivity index (χ0n) is 24.6. The maximum absolute atomic E-state index is 13.9. The summed E-state index contributed by atoms with van der Waals surface area (Å²) in [4.78, 5) is 57.0. The molecule has 1 N–H and O–H groups in total. The number of carbonyl (C=O) groups is 4. The van der Waals surface area contributed by atoms with E-state index in [1.165, 1.54) is 44.8 Å². The fraction of sp³-hybridized carbons (Fsp3) is 0.515. The minimum absolute atomic E-state index is 0.0000558. The molecule has 0 unspecified atom stereocenters. The van der Waals surface area contributed by atoms with Crippen LogP contribution in [0.25, 0.3) is 0 Å². The van der Waals surface area contributed by atoms with Crippen LogP contribution in [-0.4, -0.2) is 79.0 Å². The Balaban J connectivity index is 1.23. The number of carbonyl (C=O) groups excluding carboxylic acids is 4. The Labute approximate surface area is 248 Å². The second-order valence-corrected chi connectivity index (χ2v) is 11.7. The first kappa shape index (κ1) is 29.6. The molecule has 2 saturated heterocycles. The molecule has 0 aromatic heterocycles. The van der Waals surface area contributed by atoms with E-state index in [-0.39, 0.29) is 36.7 Å². The molecule has 0 bridgehead atoms.